The molecule has 13 nitrogen and oxygen atoms in total. The molecule has 2 heterocycles. The van der Waals surface area contributed by atoms with Crippen molar-refractivity contribution in [2.45, 2.75) is 57.4 Å². The van der Waals surface area contributed by atoms with E-state index in [4.69, 9.17) is 28.8 Å². The Hall–Kier alpha value is -4.75. The van der Waals surface area contributed by atoms with Gasteiger partial charge >= 0.3 is 5.97 Å². The first-order chi connectivity index (χ1) is 22.6. The van der Waals surface area contributed by atoms with Gasteiger partial charge in [-0.2, -0.15) is 0 Å². The first-order valence-electron chi connectivity index (χ1n) is 15.7. The van der Waals surface area contributed by atoms with Crippen molar-refractivity contribution in [3.05, 3.63) is 70.5 Å². The molecule has 3 aromatic rings. The number of amides is 2. The predicted molar refractivity (Wildman–Crippen MR) is 183 cm³/mol. The first-order valence-corrected chi connectivity index (χ1v) is 16.1. The molecule has 10 N–H and O–H groups in total. The Bertz CT molecular complexity index is 1560. The van der Waals surface area contributed by atoms with Crippen LogP contribution in [-0.2, 0) is 22.4 Å². The Morgan fingerprint density at radius 3 is 2.17 bits per heavy atom. The second-order valence-electron chi connectivity index (χ2n) is 11.6. The molecule has 2 aromatic carbocycles. The van der Waals surface area contributed by atoms with E-state index in [-0.39, 0.29) is 40.8 Å². The minimum atomic E-state index is -0.977. The zero-order valence-corrected chi connectivity index (χ0v) is 26.9. The molecule has 1 saturated heterocycles. The van der Waals surface area contributed by atoms with Gasteiger partial charge in [-0.05, 0) is 86.2 Å². The van der Waals surface area contributed by atoms with E-state index in [1.807, 2.05) is 24.3 Å². The van der Waals surface area contributed by atoms with Crippen molar-refractivity contribution in [1.82, 2.24) is 25.9 Å². The van der Waals surface area contributed by atoms with Crippen molar-refractivity contribution >= 4 is 47.0 Å². The number of hydrogen-bond donors (Lipinski definition) is 7. The highest BCUT2D eigenvalue weighted by Gasteiger charge is 2.25. The summed E-state index contributed by atoms with van der Waals surface area (Å²) in [6, 6.07) is 15.6. The fourth-order valence-corrected chi connectivity index (χ4v) is 5.52. The molecule has 4 rings (SSSR count). The highest BCUT2D eigenvalue weighted by Crippen LogP contribution is 2.22. The smallest absolute Gasteiger partial charge is 0.326 e. The molecule has 2 amide bonds. The van der Waals surface area contributed by atoms with Crippen molar-refractivity contribution < 1.29 is 19.5 Å². The van der Waals surface area contributed by atoms with E-state index in [0.29, 0.717) is 25.3 Å². The Kier molecular flexibility index (Phi) is 12.9. The molecule has 0 aliphatic carbocycles. The SMILES string of the molecule is NC(=NCCCCc1ccc(-c2ccc(CCC(=O)N[C@@H](CC3CCNCC3)C(=O)O)cc2)cc1)NC(=O)c1nc(Cl)c(N)nc1N. The van der Waals surface area contributed by atoms with Crippen LogP contribution in [0.2, 0.25) is 5.15 Å². The number of nitrogens with zero attached hydrogens (tertiary/aromatic N) is 3. The minimum absolute atomic E-state index is 0.0578. The summed E-state index contributed by atoms with van der Waals surface area (Å²) >= 11 is 5.82. The molecule has 1 fully saturated rings. The van der Waals surface area contributed by atoms with E-state index in [0.717, 1.165) is 61.9 Å². The van der Waals surface area contributed by atoms with E-state index in [9.17, 15) is 19.5 Å². The normalized spacial score (nSPS) is 14.4. The number of carboxylic acids is 1. The van der Waals surface area contributed by atoms with Crippen LogP contribution < -0.4 is 33.2 Å². The van der Waals surface area contributed by atoms with Gasteiger partial charge in [0.15, 0.2) is 28.4 Å². The van der Waals surface area contributed by atoms with Crippen LogP contribution in [0.25, 0.3) is 11.1 Å². The number of benzene rings is 2. The van der Waals surface area contributed by atoms with Gasteiger partial charge in [0.1, 0.15) is 6.04 Å². The monoisotopic (exact) mass is 663 g/mol. The molecule has 0 radical (unpaired) electrons. The zero-order chi connectivity index (χ0) is 33.8. The molecular formula is C33H42ClN9O4. The second-order valence-corrected chi connectivity index (χ2v) is 12.0. The Labute approximate surface area is 278 Å². The van der Waals surface area contributed by atoms with E-state index in [1.165, 1.54) is 5.56 Å². The van der Waals surface area contributed by atoms with E-state index >= 15 is 0 Å². The van der Waals surface area contributed by atoms with Gasteiger partial charge in [0.05, 0.1) is 0 Å². The molecule has 0 spiro atoms. The fourth-order valence-electron chi connectivity index (χ4n) is 5.39. The van der Waals surface area contributed by atoms with Gasteiger partial charge in [0.25, 0.3) is 5.91 Å². The van der Waals surface area contributed by atoms with Gasteiger partial charge in [-0.25, -0.2) is 14.8 Å². The lowest BCUT2D eigenvalue weighted by Gasteiger charge is -2.25. The third-order valence-electron chi connectivity index (χ3n) is 8.06. The molecular weight excluding hydrogens is 622 g/mol. The van der Waals surface area contributed by atoms with Crippen molar-refractivity contribution in [1.29, 1.82) is 0 Å². The number of aliphatic carboxylic acids is 1. The lowest BCUT2D eigenvalue weighted by molar-refractivity contribution is -0.142. The van der Waals surface area contributed by atoms with Crippen LogP contribution in [0.3, 0.4) is 0 Å². The van der Waals surface area contributed by atoms with Crippen LogP contribution in [0.1, 0.15) is 60.1 Å². The number of carbonyl (C=O) groups is 3. The molecule has 47 heavy (non-hydrogen) atoms. The molecule has 0 unspecified atom stereocenters. The zero-order valence-electron chi connectivity index (χ0n) is 26.2. The maximum Gasteiger partial charge on any atom is 0.326 e. The number of nitrogens with two attached hydrogens (primary N) is 3. The molecule has 250 valence electrons. The molecule has 1 atom stereocenters. The minimum Gasteiger partial charge on any atom is -0.480 e. The number of nitrogen functional groups attached to an aromatic ring is 2. The number of aryl methyl sites for hydroxylation is 2. The van der Waals surface area contributed by atoms with Crippen LogP contribution in [0.15, 0.2) is 53.5 Å². The maximum absolute atomic E-state index is 12.5. The predicted octanol–water partition coefficient (Wildman–Crippen LogP) is 2.92. The summed E-state index contributed by atoms with van der Waals surface area (Å²) in [5, 5.41) is 17.9. The number of anilines is 2. The van der Waals surface area contributed by atoms with Crippen LogP contribution >= 0.6 is 11.6 Å². The third-order valence-corrected chi connectivity index (χ3v) is 8.34. The van der Waals surface area contributed by atoms with Gasteiger partial charge < -0.3 is 32.9 Å². The quantitative estimate of drug-likeness (QED) is 0.0758. The number of hydrogen-bond acceptors (Lipinski definition) is 9. The maximum atomic E-state index is 12.5. The number of halogens is 1. The van der Waals surface area contributed by atoms with Gasteiger partial charge in [0.2, 0.25) is 5.91 Å². The first kappa shape index (κ1) is 35.1. The van der Waals surface area contributed by atoms with Crippen molar-refractivity contribution in [2.75, 3.05) is 31.1 Å². The summed E-state index contributed by atoms with van der Waals surface area (Å²) in [6.07, 6.45) is 5.61. The number of nitrogens with one attached hydrogen (secondary N) is 3. The lowest BCUT2D eigenvalue weighted by atomic mass is 9.91. The molecule has 1 aliphatic heterocycles. The van der Waals surface area contributed by atoms with Gasteiger partial charge in [0, 0.05) is 13.0 Å². The lowest BCUT2D eigenvalue weighted by Crippen LogP contribution is -2.43. The van der Waals surface area contributed by atoms with E-state index in [2.05, 4.69) is 55.2 Å². The average Bonchev–Trinajstić information content (AvgIpc) is 3.06. The summed E-state index contributed by atoms with van der Waals surface area (Å²) < 4.78 is 0. The number of rotatable bonds is 14. The largest absolute Gasteiger partial charge is 0.480 e. The van der Waals surface area contributed by atoms with Crippen molar-refractivity contribution in [3.63, 3.8) is 0 Å². The highest BCUT2D eigenvalue weighted by molar-refractivity contribution is 6.31. The standard InChI is InChI=1S/C33H42ClN9O4/c34-28-30(36)42-29(35)27(41-28)31(45)43-33(37)39-16-2-1-3-20-4-9-23(10-5-20)24-11-6-21(7-12-24)8-13-26(44)40-25(32(46)47)19-22-14-17-38-18-15-22/h4-7,9-12,22,25,38H,1-3,8,13-19H2,(H,40,44)(H,46,47)(H4,35,36,42)(H3,37,39,43,45)/t25-/m0/s1. The molecule has 1 aliphatic rings. The summed E-state index contributed by atoms with van der Waals surface area (Å²) in [5.41, 5.74) is 21.2. The van der Waals surface area contributed by atoms with E-state index < -0.39 is 17.9 Å². The summed E-state index contributed by atoms with van der Waals surface area (Å²) in [4.78, 5) is 48.3. The van der Waals surface area contributed by atoms with Crippen LogP contribution in [0.4, 0.5) is 11.6 Å². The molecule has 0 bridgehead atoms. The number of guanidine groups is 1. The summed E-state index contributed by atoms with van der Waals surface area (Å²) in [7, 11) is 0. The number of piperidine rings is 1. The number of unbranched alkanes of at least 4 members (excludes halogenated alkanes) is 1. The van der Waals surface area contributed by atoms with Gasteiger partial charge in [-0.3, -0.25) is 19.9 Å². The Balaban J connectivity index is 1.16. The molecule has 1 aromatic heterocycles. The van der Waals surface area contributed by atoms with Gasteiger partial charge in [-0.1, -0.05) is 60.1 Å². The number of carboxylic acid groups (broad SMARTS) is 1. The van der Waals surface area contributed by atoms with Crippen molar-refractivity contribution in [3.8, 4) is 11.1 Å². The molecule has 14 heteroatoms. The second kappa shape index (κ2) is 17.2. The van der Waals surface area contributed by atoms with Gasteiger partial charge in [-0.15, -0.1) is 0 Å². The van der Waals surface area contributed by atoms with Crippen LogP contribution in [0, 0.1) is 5.92 Å². The number of carbonyl (C=O) groups excluding carboxylic acids is 2. The third kappa shape index (κ3) is 10.9. The number of aliphatic imine (C=N–C) groups is 1. The Morgan fingerprint density at radius 2 is 1.55 bits per heavy atom. The molecule has 0 saturated carbocycles. The van der Waals surface area contributed by atoms with Crippen molar-refractivity contribution in [2.24, 2.45) is 16.6 Å². The van der Waals surface area contributed by atoms with E-state index in [1.54, 1.807) is 0 Å². The van der Waals surface area contributed by atoms with Crippen LogP contribution in [-0.4, -0.2) is 64.5 Å². The number of aromatic nitrogens is 2. The highest BCUT2D eigenvalue weighted by atomic mass is 35.5. The van der Waals surface area contributed by atoms with Crippen LogP contribution in [0.5, 0.6) is 0 Å². The average molecular weight is 664 g/mol. The topological polar surface area (TPSA) is 224 Å². The summed E-state index contributed by atoms with van der Waals surface area (Å²) in [6.45, 7) is 2.21. The summed E-state index contributed by atoms with van der Waals surface area (Å²) in [5.74, 6) is -1.87. The Morgan fingerprint density at radius 1 is 0.936 bits per heavy atom. The fraction of sp³-hybridized carbons (Fsp3) is 0.394.